The summed E-state index contributed by atoms with van der Waals surface area (Å²) in [5.41, 5.74) is 0.191. The molecular weight excluding hydrogens is 492 g/mol. The maximum absolute atomic E-state index is 12.7. The van der Waals surface area contributed by atoms with Gasteiger partial charge in [-0.05, 0) is 42.5 Å². The fourth-order valence-electron chi connectivity index (χ4n) is 2.58. The van der Waals surface area contributed by atoms with Gasteiger partial charge in [0.25, 0.3) is 15.9 Å². The normalized spacial score (nSPS) is 11.7. The van der Waals surface area contributed by atoms with E-state index in [4.69, 9.17) is 23.2 Å². The number of halogens is 5. The molecule has 3 rings (SSSR count). The van der Waals surface area contributed by atoms with Gasteiger partial charge in [0.1, 0.15) is 5.75 Å². The van der Waals surface area contributed by atoms with E-state index in [1.54, 1.807) is 0 Å². The Bertz CT molecular complexity index is 1270. The van der Waals surface area contributed by atoms with Crippen LogP contribution in [-0.4, -0.2) is 20.7 Å². The zero-order valence-electron chi connectivity index (χ0n) is 15.8. The Hall–Kier alpha value is -2.95. The predicted octanol–water partition coefficient (Wildman–Crippen LogP) is 5.95. The van der Waals surface area contributed by atoms with Gasteiger partial charge in [-0.3, -0.25) is 9.52 Å². The molecule has 0 heterocycles. The van der Waals surface area contributed by atoms with Crippen LogP contribution >= 0.6 is 23.2 Å². The lowest BCUT2D eigenvalue weighted by molar-refractivity contribution is -0.274. The number of hydrogen-bond acceptors (Lipinski definition) is 4. The third-order valence-electron chi connectivity index (χ3n) is 3.94. The number of anilines is 2. The maximum atomic E-state index is 12.7. The van der Waals surface area contributed by atoms with E-state index in [9.17, 15) is 26.4 Å². The van der Waals surface area contributed by atoms with Gasteiger partial charge < -0.3 is 10.1 Å². The predicted molar refractivity (Wildman–Crippen MR) is 115 cm³/mol. The van der Waals surface area contributed by atoms with Crippen LogP contribution in [0.1, 0.15) is 10.4 Å². The van der Waals surface area contributed by atoms with Crippen LogP contribution in [0.4, 0.5) is 24.5 Å². The van der Waals surface area contributed by atoms with Crippen LogP contribution in [0.5, 0.6) is 5.75 Å². The highest BCUT2D eigenvalue weighted by Crippen LogP contribution is 2.28. The lowest BCUT2D eigenvalue weighted by Gasteiger charge is -2.14. The summed E-state index contributed by atoms with van der Waals surface area (Å²) in [7, 11) is -4.35. The van der Waals surface area contributed by atoms with Crippen LogP contribution in [-0.2, 0) is 10.0 Å². The summed E-state index contributed by atoms with van der Waals surface area (Å²) >= 11 is 11.8. The highest BCUT2D eigenvalue weighted by Gasteiger charge is 2.31. The van der Waals surface area contributed by atoms with Crippen molar-refractivity contribution in [1.29, 1.82) is 0 Å². The Morgan fingerprint density at radius 1 is 0.906 bits per heavy atom. The molecule has 168 valence electrons. The van der Waals surface area contributed by atoms with Gasteiger partial charge in [-0.15, -0.1) is 13.2 Å². The number of carbonyl (C=O) groups is 1. The molecule has 3 aromatic carbocycles. The minimum absolute atomic E-state index is 0.0372. The molecule has 0 bridgehead atoms. The molecule has 2 N–H and O–H groups in total. The van der Waals surface area contributed by atoms with Crippen molar-refractivity contribution in [3.8, 4) is 5.75 Å². The number of alkyl halides is 3. The zero-order valence-corrected chi connectivity index (χ0v) is 18.1. The van der Waals surface area contributed by atoms with Crippen LogP contribution in [0.3, 0.4) is 0 Å². The number of benzene rings is 3. The molecule has 3 aromatic rings. The molecular formula is C20H13Cl2F3N2O4S. The number of nitrogens with one attached hydrogen (secondary N) is 2. The number of amides is 1. The van der Waals surface area contributed by atoms with Crippen molar-refractivity contribution in [1.82, 2.24) is 0 Å². The summed E-state index contributed by atoms with van der Waals surface area (Å²) < 4.78 is 68.7. The molecule has 32 heavy (non-hydrogen) atoms. The first-order chi connectivity index (χ1) is 14.9. The van der Waals surface area contributed by atoms with Crippen LogP contribution < -0.4 is 14.8 Å². The van der Waals surface area contributed by atoms with Gasteiger partial charge >= 0.3 is 6.36 Å². The number of para-hydroxylation sites is 1. The molecule has 0 radical (unpaired) electrons. The van der Waals surface area contributed by atoms with Crippen molar-refractivity contribution in [3.63, 3.8) is 0 Å². The first kappa shape index (κ1) is 23.7. The van der Waals surface area contributed by atoms with E-state index >= 15 is 0 Å². The van der Waals surface area contributed by atoms with Crippen molar-refractivity contribution in [2.24, 2.45) is 0 Å². The highest BCUT2D eigenvalue weighted by atomic mass is 35.5. The van der Waals surface area contributed by atoms with Crippen LogP contribution in [0.15, 0.2) is 71.6 Å². The van der Waals surface area contributed by atoms with Crippen molar-refractivity contribution in [2.45, 2.75) is 11.3 Å². The summed E-state index contributed by atoms with van der Waals surface area (Å²) in [6, 6.07) is 14.0. The Morgan fingerprint density at radius 3 is 2.31 bits per heavy atom. The molecule has 0 aromatic heterocycles. The fourth-order valence-corrected chi connectivity index (χ4v) is 4.00. The van der Waals surface area contributed by atoms with Crippen molar-refractivity contribution in [3.05, 3.63) is 82.3 Å². The molecule has 0 saturated heterocycles. The third kappa shape index (κ3) is 6.06. The van der Waals surface area contributed by atoms with Crippen molar-refractivity contribution >= 4 is 50.5 Å². The second kappa shape index (κ2) is 9.27. The van der Waals surface area contributed by atoms with Gasteiger partial charge in [0.05, 0.1) is 26.2 Å². The van der Waals surface area contributed by atoms with Gasteiger partial charge in [-0.25, -0.2) is 8.42 Å². The lowest BCUT2D eigenvalue weighted by atomic mass is 10.1. The zero-order chi connectivity index (χ0) is 23.5. The molecule has 0 aliphatic heterocycles. The average molecular weight is 505 g/mol. The van der Waals surface area contributed by atoms with E-state index in [1.165, 1.54) is 42.5 Å². The van der Waals surface area contributed by atoms with Crippen LogP contribution in [0.2, 0.25) is 10.0 Å². The smallest absolute Gasteiger partial charge is 0.406 e. The Morgan fingerprint density at radius 2 is 1.62 bits per heavy atom. The number of rotatable bonds is 6. The molecule has 0 atom stereocenters. The highest BCUT2D eigenvalue weighted by molar-refractivity contribution is 7.92. The first-order valence-electron chi connectivity index (χ1n) is 8.69. The second-order valence-electron chi connectivity index (χ2n) is 6.26. The van der Waals surface area contributed by atoms with Crippen LogP contribution in [0, 0.1) is 0 Å². The number of sulfonamides is 1. The van der Waals surface area contributed by atoms with Gasteiger partial charge in [0, 0.05) is 11.8 Å². The monoisotopic (exact) mass is 504 g/mol. The van der Waals surface area contributed by atoms with Crippen molar-refractivity contribution < 1.29 is 31.1 Å². The van der Waals surface area contributed by atoms with Gasteiger partial charge in [-0.1, -0.05) is 41.4 Å². The number of carbonyl (C=O) groups excluding carboxylic acids is 1. The van der Waals surface area contributed by atoms with Gasteiger partial charge in [0.15, 0.2) is 0 Å². The molecule has 0 unspecified atom stereocenters. The molecule has 0 spiro atoms. The Labute approximate surface area is 191 Å². The standard InChI is InChI=1S/C20H13Cl2F3N2O4S/c21-16-9-8-12(10-17(16)22)26-19(28)15-6-1-2-7-18(15)27-32(29,30)14-5-3-4-13(11-14)31-20(23,24)25/h1-11,27H,(H,26,28). The van der Waals surface area contributed by atoms with E-state index in [1.807, 2.05) is 0 Å². The van der Waals surface area contributed by atoms with Gasteiger partial charge in [-0.2, -0.15) is 0 Å². The van der Waals surface area contributed by atoms with Crippen molar-refractivity contribution in [2.75, 3.05) is 10.0 Å². The van der Waals surface area contributed by atoms with E-state index in [0.717, 1.165) is 18.2 Å². The third-order valence-corrected chi connectivity index (χ3v) is 6.05. The first-order valence-corrected chi connectivity index (χ1v) is 10.9. The Balaban J connectivity index is 1.86. The van der Waals surface area contributed by atoms with E-state index in [2.05, 4.69) is 14.8 Å². The number of hydrogen-bond donors (Lipinski definition) is 2. The van der Waals surface area contributed by atoms with E-state index in [-0.39, 0.29) is 21.3 Å². The molecule has 0 fully saturated rings. The SMILES string of the molecule is O=C(Nc1ccc(Cl)c(Cl)c1)c1ccccc1NS(=O)(=O)c1cccc(OC(F)(F)F)c1. The minimum Gasteiger partial charge on any atom is -0.406 e. The molecule has 0 aliphatic rings. The summed E-state index contributed by atoms with van der Waals surface area (Å²) in [5, 5.41) is 3.06. The minimum atomic E-state index is -4.98. The topological polar surface area (TPSA) is 84.5 Å². The van der Waals surface area contributed by atoms with E-state index < -0.39 is 32.9 Å². The second-order valence-corrected chi connectivity index (χ2v) is 8.75. The number of ether oxygens (including phenoxy) is 1. The maximum Gasteiger partial charge on any atom is 0.573 e. The molecule has 6 nitrogen and oxygen atoms in total. The quantitative estimate of drug-likeness (QED) is 0.434. The molecule has 0 aliphatic carbocycles. The fraction of sp³-hybridized carbons (Fsp3) is 0.0500. The Kier molecular flexibility index (Phi) is 6.87. The van der Waals surface area contributed by atoms with Gasteiger partial charge in [0.2, 0.25) is 0 Å². The average Bonchev–Trinajstić information content (AvgIpc) is 2.70. The molecule has 0 saturated carbocycles. The summed E-state index contributed by atoms with van der Waals surface area (Å²) in [6.45, 7) is 0. The van der Waals surface area contributed by atoms with E-state index in [0.29, 0.717) is 11.8 Å². The summed E-state index contributed by atoms with van der Waals surface area (Å²) in [5.74, 6) is -1.36. The molecule has 12 heteroatoms. The summed E-state index contributed by atoms with van der Waals surface area (Å²) in [4.78, 5) is 12.2. The summed E-state index contributed by atoms with van der Waals surface area (Å²) in [6.07, 6.45) is -4.98. The molecule has 1 amide bonds. The van der Waals surface area contributed by atoms with Crippen LogP contribution in [0.25, 0.3) is 0 Å². The largest absolute Gasteiger partial charge is 0.573 e. The lowest BCUT2D eigenvalue weighted by Crippen LogP contribution is -2.19.